The fourth-order valence-electron chi connectivity index (χ4n) is 3.91. The number of Topliss-reactive ketones (excluding diaryl/α,β-unsaturated/α-hetero) is 1. The molecule has 0 saturated heterocycles. The Morgan fingerprint density at radius 3 is 2.80 bits per heavy atom. The number of hydrogen-bond donors (Lipinski definition) is 3. The molecule has 2 amide bonds. The number of nitrogens with one attached hydrogen (secondary N) is 2. The van der Waals surface area contributed by atoms with Crippen LogP contribution in [0.15, 0.2) is 59.4 Å². The lowest BCUT2D eigenvalue weighted by Gasteiger charge is -2.32. The van der Waals surface area contributed by atoms with E-state index in [1.54, 1.807) is 47.6 Å². The van der Waals surface area contributed by atoms with Crippen LogP contribution in [0.1, 0.15) is 40.6 Å². The van der Waals surface area contributed by atoms with E-state index < -0.39 is 12.1 Å². The third-order valence-corrected chi connectivity index (χ3v) is 5.75. The highest BCUT2D eigenvalue weighted by Gasteiger charge is 2.36. The van der Waals surface area contributed by atoms with Gasteiger partial charge in [0.05, 0.1) is 29.9 Å². The Hall–Kier alpha value is -4.55. The number of imidazole rings is 1. The SMILES string of the molecule is CC(=O)c1ccc(NC(=O)N2Cc3[nH]cnc3CC2c2nc(-c3cccc(N([O-])O)c3)no2)cc1. The second-order valence-electron chi connectivity index (χ2n) is 8.02. The lowest BCUT2D eigenvalue weighted by molar-refractivity contribution is 0.101. The number of benzene rings is 2. The molecule has 2 aromatic heterocycles. The summed E-state index contributed by atoms with van der Waals surface area (Å²) in [6.45, 7) is 1.71. The van der Waals surface area contributed by atoms with E-state index in [1.165, 1.54) is 19.1 Å². The second kappa shape index (κ2) is 9.00. The number of nitrogens with zero attached hydrogens (tertiary/aromatic N) is 5. The molecule has 5 rings (SSSR count). The molecule has 0 radical (unpaired) electrons. The van der Waals surface area contributed by atoms with E-state index in [9.17, 15) is 20.0 Å². The van der Waals surface area contributed by atoms with Gasteiger partial charge in [-0.15, -0.1) is 0 Å². The number of hydrogen-bond acceptors (Lipinski definition) is 9. The summed E-state index contributed by atoms with van der Waals surface area (Å²) in [5.74, 6) is 0.339. The van der Waals surface area contributed by atoms with Gasteiger partial charge in [-0.1, -0.05) is 17.3 Å². The number of ketones is 1. The summed E-state index contributed by atoms with van der Waals surface area (Å²) in [5.41, 5.74) is 3.14. The first kappa shape index (κ1) is 22.3. The number of urea groups is 1. The van der Waals surface area contributed by atoms with Crippen LogP contribution in [0.3, 0.4) is 0 Å². The first-order valence-electron chi connectivity index (χ1n) is 10.7. The number of carbonyl (C=O) groups excluding carboxylic acids is 2. The van der Waals surface area contributed by atoms with Gasteiger partial charge in [-0.25, -0.2) is 9.78 Å². The van der Waals surface area contributed by atoms with Gasteiger partial charge in [0, 0.05) is 23.2 Å². The fraction of sp³-hybridized carbons (Fsp3) is 0.174. The Morgan fingerprint density at radius 1 is 1.26 bits per heavy atom. The lowest BCUT2D eigenvalue weighted by Crippen LogP contribution is -2.41. The molecule has 178 valence electrons. The first-order valence-corrected chi connectivity index (χ1v) is 10.7. The number of carbonyl (C=O) groups is 2. The molecule has 1 aliphatic rings. The smallest absolute Gasteiger partial charge is 0.322 e. The molecule has 1 atom stereocenters. The molecule has 3 heterocycles. The Balaban J connectivity index is 1.42. The molecule has 4 aromatic rings. The lowest BCUT2D eigenvalue weighted by atomic mass is 10.0. The van der Waals surface area contributed by atoms with Gasteiger partial charge in [-0.3, -0.25) is 10.0 Å². The fourth-order valence-corrected chi connectivity index (χ4v) is 3.91. The minimum atomic E-state index is -0.597. The van der Waals surface area contributed by atoms with Crippen LogP contribution in [0, 0.1) is 5.21 Å². The van der Waals surface area contributed by atoms with Gasteiger partial charge in [0.1, 0.15) is 6.04 Å². The molecule has 2 aromatic carbocycles. The minimum absolute atomic E-state index is 0.0180. The number of aromatic amines is 1. The second-order valence-corrected chi connectivity index (χ2v) is 8.02. The van der Waals surface area contributed by atoms with Crippen molar-refractivity contribution >= 4 is 23.2 Å². The highest BCUT2D eigenvalue weighted by molar-refractivity contribution is 5.95. The molecule has 1 aliphatic heterocycles. The quantitative estimate of drug-likeness (QED) is 0.289. The average molecular weight is 474 g/mol. The summed E-state index contributed by atoms with van der Waals surface area (Å²) in [4.78, 5) is 38.2. The third kappa shape index (κ3) is 4.47. The number of anilines is 2. The number of fused-ring (bicyclic) bond motifs is 1. The minimum Gasteiger partial charge on any atom is -0.733 e. The van der Waals surface area contributed by atoms with Gasteiger partial charge in [-0.05, 0) is 43.3 Å². The van der Waals surface area contributed by atoms with Crippen LogP contribution in [0.4, 0.5) is 16.2 Å². The molecule has 35 heavy (non-hydrogen) atoms. The van der Waals surface area contributed by atoms with Crippen molar-refractivity contribution in [1.29, 1.82) is 0 Å². The van der Waals surface area contributed by atoms with Gasteiger partial charge >= 0.3 is 6.03 Å². The van der Waals surface area contributed by atoms with Crippen molar-refractivity contribution in [3.63, 3.8) is 0 Å². The molecule has 0 bridgehead atoms. The van der Waals surface area contributed by atoms with Gasteiger partial charge < -0.3 is 30.2 Å². The molecule has 3 N–H and O–H groups in total. The maximum absolute atomic E-state index is 13.3. The van der Waals surface area contributed by atoms with Crippen molar-refractivity contribution in [2.75, 3.05) is 10.5 Å². The number of aromatic nitrogens is 4. The number of H-pyrrole nitrogens is 1. The van der Waals surface area contributed by atoms with Crippen LogP contribution < -0.4 is 10.5 Å². The van der Waals surface area contributed by atoms with Crippen molar-refractivity contribution < 1.29 is 19.3 Å². The van der Waals surface area contributed by atoms with Gasteiger partial charge in [-0.2, -0.15) is 4.98 Å². The van der Waals surface area contributed by atoms with Gasteiger partial charge in [0.2, 0.25) is 11.7 Å². The van der Waals surface area contributed by atoms with E-state index in [0.717, 1.165) is 11.4 Å². The van der Waals surface area contributed by atoms with Crippen molar-refractivity contribution in [2.45, 2.75) is 25.9 Å². The molecule has 0 aliphatic carbocycles. The zero-order valence-corrected chi connectivity index (χ0v) is 18.5. The Bertz CT molecular complexity index is 1380. The summed E-state index contributed by atoms with van der Waals surface area (Å²) < 4.78 is 5.51. The molecule has 12 nitrogen and oxygen atoms in total. The van der Waals surface area contributed by atoms with Crippen LogP contribution in [0.5, 0.6) is 0 Å². The maximum Gasteiger partial charge on any atom is 0.322 e. The predicted molar refractivity (Wildman–Crippen MR) is 123 cm³/mol. The van der Waals surface area contributed by atoms with E-state index >= 15 is 0 Å². The predicted octanol–water partition coefficient (Wildman–Crippen LogP) is 3.69. The summed E-state index contributed by atoms with van der Waals surface area (Å²) >= 11 is 0. The van der Waals surface area contributed by atoms with Crippen LogP contribution >= 0.6 is 0 Å². The molecule has 12 heteroatoms. The van der Waals surface area contributed by atoms with Crippen molar-refractivity contribution in [3.8, 4) is 11.4 Å². The zero-order chi connectivity index (χ0) is 24.5. The third-order valence-electron chi connectivity index (χ3n) is 5.75. The topological polar surface area (TPSA) is 164 Å². The van der Waals surface area contributed by atoms with Crippen LogP contribution in [0.2, 0.25) is 0 Å². The van der Waals surface area contributed by atoms with E-state index in [0.29, 0.717) is 23.2 Å². The first-order chi connectivity index (χ1) is 16.9. The van der Waals surface area contributed by atoms with Crippen LogP contribution in [-0.4, -0.2) is 42.0 Å². The maximum atomic E-state index is 13.3. The van der Waals surface area contributed by atoms with Crippen molar-refractivity contribution in [1.82, 2.24) is 25.0 Å². The summed E-state index contributed by atoms with van der Waals surface area (Å²) in [6.07, 6.45) is 1.92. The Labute approximate surface area is 198 Å². The number of amides is 2. The van der Waals surface area contributed by atoms with Gasteiger partial charge in [0.15, 0.2) is 5.78 Å². The summed E-state index contributed by atoms with van der Waals surface area (Å²) in [6, 6.07) is 11.7. The van der Waals surface area contributed by atoms with Crippen molar-refractivity contribution in [3.05, 3.63) is 82.9 Å². The molecule has 0 fully saturated rings. The molecule has 1 unspecified atom stereocenters. The largest absolute Gasteiger partial charge is 0.733 e. The van der Waals surface area contributed by atoms with Gasteiger partial charge in [0.25, 0.3) is 0 Å². The number of rotatable bonds is 5. The van der Waals surface area contributed by atoms with E-state index in [2.05, 4.69) is 25.4 Å². The summed E-state index contributed by atoms with van der Waals surface area (Å²) in [7, 11) is 0. The monoisotopic (exact) mass is 474 g/mol. The molecular formula is C23H20N7O5-. The molecular weight excluding hydrogens is 454 g/mol. The highest BCUT2D eigenvalue weighted by Crippen LogP contribution is 2.33. The van der Waals surface area contributed by atoms with E-state index in [4.69, 9.17) is 4.52 Å². The normalized spacial score (nSPS) is 14.9. The van der Waals surface area contributed by atoms with E-state index in [1.807, 2.05) is 0 Å². The van der Waals surface area contributed by atoms with E-state index in [-0.39, 0.29) is 35.0 Å². The zero-order valence-electron chi connectivity index (χ0n) is 18.5. The highest BCUT2D eigenvalue weighted by atomic mass is 16.8. The molecule has 0 saturated carbocycles. The van der Waals surface area contributed by atoms with Crippen LogP contribution in [0.25, 0.3) is 11.4 Å². The Kier molecular flexibility index (Phi) is 5.73. The van der Waals surface area contributed by atoms with Crippen LogP contribution in [-0.2, 0) is 13.0 Å². The Morgan fingerprint density at radius 2 is 2.06 bits per heavy atom. The molecule has 0 spiro atoms. The standard InChI is InChI=1S/C23H20N7O5/c1-13(31)14-5-7-16(8-6-14)26-23(32)29-11-19-18(24-12-25-19)10-20(29)22-27-21(28-35-22)15-3-2-4-17(9-15)30(33)34/h2-9,12,20,33H,10-11H2,1H3,(H,24,25)(H,26,32)/q-1. The average Bonchev–Trinajstić information content (AvgIpc) is 3.53. The summed E-state index contributed by atoms with van der Waals surface area (Å²) in [5, 5.41) is 27.0. The van der Waals surface area contributed by atoms with Crippen molar-refractivity contribution in [2.24, 2.45) is 0 Å².